The molecule has 0 aromatic heterocycles. The molecule has 0 unspecified atom stereocenters. The molecule has 4 heterocycles. The van der Waals surface area contributed by atoms with Gasteiger partial charge in [-0.3, -0.25) is 4.90 Å². The zero-order valence-electron chi connectivity index (χ0n) is 26.2. The molecule has 1 aromatic rings. The van der Waals surface area contributed by atoms with Crippen LogP contribution in [-0.2, 0) is 25.4 Å². The van der Waals surface area contributed by atoms with E-state index < -0.39 is 0 Å². The number of cyclic esters (lactones) is 1. The number of hydrogen-bond donors (Lipinski definition) is 1. The summed E-state index contributed by atoms with van der Waals surface area (Å²) < 4.78 is 17.9. The number of allylic oxidation sites excluding steroid dienone is 1. The number of carbonyl (C=O) groups is 1. The molecule has 0 radical (unpaired) electrons. The van der Waals surface area contributed by atoms with Gasteiger partial charge < -0.3 is 19.3 Å². The van der Waals surface area contributed by atoms with Crippen LogP contribution >= 0.6 is 0 Å². The number of aliphatic hydroxyl groups is 1. The fourth-order valence-electron chi connectivity index (χ4n) is 10.1. The Bertz CT molecular complexity index is 1300. The Kier molecular flexibility index (Phi) is 7.96. The molecule has 2 saturated carbocycles. The third kappa shape index (κ3) is 5.16. The molecule has 6 aliphatic rings. The van der Waals surface area contributed by atoms with Crippen LogP contribution in [0.3, 0.4) is 0 Å². The lowest BCUT2D eigenvalue weighted by atomic mass is 9.70. The number of piperidine rings is 1. The first-order valence-electron chi connectivity index (χ1n) is 17.0. The van der Waals surface area contributed by atoms with Crippen molar-refractivity contribution >= 4 is 5.97 Å². The first kappa shape index (κ1) is 29.2. The van der Waals surface area contributed by atoms with E-state index >= 15 is 0 Å². The number of aliphatic hydroxyl groups excluding tert-OH is 1. The fourth-order valence-corrected chi connectivity index (χ4v) is 10.1. The largest absolute Gasteiger partial charge is 0.492 e. The second-order valence-corrected chi connectivity index (χ2v) is 14.4. The van der Waals surface area contributed by atoms with Crippen LogP contribution in [0.4, 0.5) is 0 Å². The van der Waals surface area contributed by atoms with E-state index in [0.717, 1.165) is 44.4 Å². The van der Waals surface area contributed by atoms with Crippen LogP contribution in [0.2, 0.25) is 0 Å². The highest BCUT2D eigenvalue weighted by atomic mass is 16.6. The molecule has 43 heavy (non-hydrogen) atoms. The second-order valence-electron chi connectivity index (χ2n) is 14.4. The Morgan fingerprint density at radius 2 is 1.86 bits per heavy atom. The molecule has 2 aliphatic carbocycles. The summed E-state index contributed by atoms with van der Waals surface area (Å²) in [6, 6.07) is 11.3. The molecule has 2 saturated heterocycles. The summed E-state index contributed by atoms with van der Waals surface area (Å²) in [6.07, 6.45) is 16.3. The van der Waals surface area contributed by atoms with E-state index in [2.05, 4.69) is 48.2 Å². The number of esters is 1. The van der Waals surface area contributed by atoms with E-state index in [-0.39, 0.29) is 36.0 Å². The predicted molar refractivity (Wildman–Crippen MR) is 165 cm³/mol. The average molecular weight is 588 g/mol. The SMILES string of the molecule is COC1=C(C)C(=O)OC1=C1OC2=CCCN3[C@H](C[C@H](Cc4ccccc4)C[C@H]3[C@@H](O)C[C@H]3CCCC34CCCC4)[C@@H]2[C@H]1C. The number of carbonyl (C=O) groups excluding carboxylic acids is 1. The first-order chi connectivity index (χ1) is 20.9. The van der Waals surface area contributed by atoms with Crippen molar-refractivity contribution in [1.29, 1.82) is 0 Å². The minimum atomic E-state index is -0.367. The van der Waals surface area contributed by atoms with Crippen LogP contribution in [0.15, 0.2) is 65.0 Å². The monoisotopic (exact) mass is 587 g/mol. The zero-order chi connectivity index (χ0) is 29.7. The maximum absolute atomic E-state index is 12.5. The zero-order valence-corrected chi connectivity index (χ0v) is 26.2. The summed E-state index contributed by atoms with van der Waals surface area (Å²) in [5.74, 6) is 3.56. The number of ether oxygens (including phenoxy) is 3. The van der Waals surface area contributed by atoms with Crippen molar-refractivity contribution in [1.82, 2.24) is 4.90 Å². The molecule has 0 bridgehead atoms. The fraction of sp³-hybridized carbons (Fsp3) is 0.649. The van der Waals surface area contributed by atoms with Crippen LogP contribution < -0.4 is 0 Å². The van der Waals surface area contributed by atoms with Gasteiger partial charge in [0.15, 0.2) is 11.5 Å². The van der Waals surface area contributed by atoms with Crippen LogP contribution in [-0.4, -0.2) is 47.8 Å². The maximum atomic E-state index is 12.5. The van der Waals surface area contributed by atoms with E-state index in [1.165, 1.54) is 50.5 Å². The van der Waals surface area contributed by atoms with Crippen molar-refractivity contribution in [2.45, 2.75) is 109 Å². The molecule has 232 valence electrons. The van der Waals surface area contributed by atoms with Gasteiger partial charge in [0.2, 0.25) is 5.76 Å². The number of benzene rings is 1. The molecule has 7 atom stereocenters. The molecule has 6 nitrogen and oxygen atoms in total. The Balaban J connectivity index is 1.20. The Morgan fingerprint density at radius 1 is 1.09 bits per heavy atom. The number of methoxy groups -OCH3 is 1. The third-order valence-corrected chi connectivity index (χ3v) is 12.2. The lowest BCUT2D eigenvalue weighted by molar-refractivity contribution is -0.133. The number of fused-ring (bicyclic) bond motifs is 3. The van der Waals surface area contributed by atoms with Crippen LogP contribution in [0.5, 0.6) is 0 Å². The summed E-state index contributed by atoms with van der Waals surface area (Å²) in [4.78, 5) is 15.2. The van der Waals surface area contributed by atoms with E-state index in [1.54, 1.807) is 14.0 Å². The Labute approximate surface area is 257 Å². The highest BCUT2D eigenvalue weighted by Crippen LogP contribution is 2.56. The van der Waals surface area contributed by atoms with Crippen molar-refractivity contribution in [2.75, 3.05) is 13.7 Å². The first-order valence-corrected chi connectivity index (χ1v) is 17.0. The van der Waals surface area contributed by atoms with Crippen LogP contribution in [0, 0.1) is 29.1 Å². The van der Waals surface area contributed by atoms with Crippen molar-refractivity contribution in [2.24, 2.45) is 29.1 Å². The minimum absolute atomic E-state index is 0.0283. The smallest absolute Gasteiger partial charge is 0.343 e. The van der Waals surface area contributed by atoms with Gasteiger partial charge in [-0.25, -0.2) is 4.79 Å². The molecule has 6 heteroatoms. The highest BCUT2D eigenvalue weighted by molar-refractivity contribution is 5.93. The molecule has 4 fully saturated rings. The molecular weight excluding hydrogens is 538 g/mol. The Morgan fingerprint density at radius 3 is 2.63 bits per heavy atom. The van der Waals surface area contributed by atoms with Crippen molar-refractivity contribution in [3.8, 4) is 0 Å². The second kappa shape index (κ2) is 11.7. The van der Waals surface area contributed by atoms with Gasteiger partial charge in [0.05, 0.1) is 18.8 Å². The summed E-state index contributed by atoms with van der Waals surface area (Å²) >= 11 is 0. The molecule has 1 spiro atoms. The van der Waals surface area contributed by atoms with Gasteiger partial charge in [0, 0.05) is 30.5 Å². The third-order valence-electron chi connectivity index (χ3n) is 12.2. The normalized spacial score (nSPS) is 36.2. The summed E-state index contributed by atoms with van der Waals surface area (Å²) in [7, 11) is 1.58. The maximum Gasteiger partial charge on any atom is 0.343 e. The van der Waals surface area contributed by atoms with Crippen LogP contribution in [0.25, 0.3) is 0 Å². The van der Waals surface area contributed by atoms with Gasteiger partial charge in [0.1, 0.15) is 5.76 Å². The van der Waals surface area contributed by atoms with E-state index in [1.807, 2.05) is 0 Å². The quantitative estimate of drug-likeness (QED) is 0.360. The van der Waals surface area contributed by atoms with Gasteiger partial charge in [-0.15, -0.1) is 0 Å². The Hall–Kier alpha value is -2.57. The lowest BCUT2D eigenvalue weighted by Gasteiger charge is -2.49. The summed E-state index contributed by atoms with van der Waals surface area (Å²) in [6.45, 7) is 4.90. The van der Waals surface area contributed by atoms with E-state index in [4.69, 9.17) is 14.2 Å². The summed E-state index contributed by atoms with van der Waals surface area (Å²) in [5.41, 5.74) is 2.35. The number of rotatable bonds is 6. The molecule has 1 aromatic carbocycles. The average Bonchev–Trinajstić information content (AvgIpc) is 3.75. The van der Waals surface area contributed by atoms with Crippen molar-refractivity contribution < 1.29 is 24.1 Å². The highest BCUT2D eigenvalue weighted by Gasteiger charge is 2.52. The van der Waals surface area contributed by atoms with E-state index in [0.29, 0.717) is 40.1 Å². The lowest BCUT2D eigenvalue weighted by Crippen LogP contribution is -2.57. The molecular formula is C37H49NO5. The molecule has 0 amide bonds. The van der Waals surface area contributed by atoms with E-state index in [9.17, 15) is 9.90 Å². The van der Waals surface area contributed by atoms with Gasteiger partial charge in [-0.05, 0) is 93.6 Å². The van der Waals surface area contributed by atoms with Crippen molar-refractivity contribution in [3.63, 3.8) is 0 Å². The van der Waals surface area contributed by atoms with Crippen molar-refractivity contribution in [3.05, 3.63) is 70.6 Å². The number of hydrogen-bond acceptors (Lipinski definition) is 6. The van der Waals surface area contributed by atoms with Gasteiger partial charge >= 0.3 is 5.97 Å². The standard InChI is InChI=1S/C37H49NO5/c1-23-32-29-21-26(19-25-11-5-4-6-12-25)20-28(30(39)22-27-13-9-17-37(27)15-7-8-16-37)38(29)18-10-14-31(32)42-34(23)35-33(41-3)24(2)36(40)43-35/h4-6,11-12,14,23,26-30,32,39H,7-10,13,15-22H2,1-3H3/t23-,26-,27-,28+,29-,30+,32+/m1/s1. The van der Waals surface area contributed by atoms with Crippen LogP contribution in [0.1, 0.15) is 90.0 Å². The molecule has 4 aliphatic heterocycles. The number of nitrogens with zero attached hydrogens (tertiary/aromatic N) is 1. The van der Waals surface area contributed by atoms with Gasteiger partial charge in [-0.2, -0.15) is 0 Å². The van der Waals surface area contributed by atoms with Gasteiger partial charge in [-0.1, -0.05) is 56.5 Å². The molecule has 7 rings (SSSR count). The minimum Gasteiger partial charge on any atom is -0.492 e. The topological polar surface area (TPSA) is 68.2 Å². The summed E-state index contributed by atoms with van der Waals surface area (Å²) in [5, 5.41) is 12.2. The predicted octanol–water partition coefficient (Wildman–Crippen LogP) is 7.05. The molecule has 1 N–H and O–H groups in total. The van der Waals surface area contributed by atoms with Gasteiger partial charge in [0.25, 0.3) is 0 Å².